The van der Waals surface area contributed by atoms with Gasteiger partial charge < -0.3 is 9.84 Å². The fourth-order valence-electron chi connectivity index (χ4n) is 2.64. The summed E-state index contributed by atoms with van der Waals surface area (Å²) in [6.07, 6.45) is 4.33. The summed E-state index contributed by atoms with van der Waals surface area (Å²) in [5.41, 5.74) is 2.22. The summed E-state index contributed by atoms with van der Waals surface area (Å²) in [5, 5.41) is 8.59. The molecule has 1 aromatic carbocycles. The molecule has 0 aliphatic carbocycles. The van der Waals surface area contributed by atoms with Crippen LogP contribution in [0.15, 0.2) is 18.2 Å². The maximum atomic E-state index is 11.9. The number of hydrogen-bond donors (Lipinski definition) is 1. The number of nitrogens with zero attached hydrogens (tertiary/aromatic N) is 1. The lowest BCUT2D eigenvalue weighted by Gasteiger charge is -2.20. The van der Waals surface area contributed by atoms with Gasteiger partial charge in [-0.1, -0.05) is 18.9 Å². The average molecular weight is 371 g/mol. The van der Waals surface area contributed by atoms with Crippen LogP contribution in [0, 0.1) is 13.8 Å². The first-order valence-electron chi connectivity index (χ1n) is 8.56. The Labute approximate surface area is 150 Å². The molecule has 0 radical (unpaired) electrons. The smallest absolute Gasteiger partial charge is 0.303 e. The molecule has 25 heavy (non-hydrogen) atoms. The average Bonchev–Trinajstić information content (AvgIpc) is 2.46. The lowest BCUT2D eigenvalue weighted by atomic mass is 10.1. The van der Waals surface area contributed by atoms with Gasteiger partial charge in [0.2, 0.25) is 10.0 Å². The second-order valence-electron chi connectivity index (χ2n) is 6.39. The highest BCUT2D eigenvalue weighted by molar-refractivity contribution is 7.88. The van der Waals surface area contributed by atoms with Gasteiger partial charge in [0, 0.05) is 19.5 Å². The van der Waals surface area contributed by atoms with Crippen molar-refractivity contribution in [3.05, 3.63) is 29.3 Å². The molecule has 0 fully saturated rings. The Kier molecular flexibility index (Phi) is 8.92. The lowest BCUT2D eigenvalue weighted by Crippen LogP contribution is -2.34. The van der Waals surface area contributed by atoms with Gasteiger partial charge in [0.15, 0.2) is 0 Å². The Morgan fingerprint density at radius 3 is 2.20 bits per heavy atom. The van der Waals surface area contributed by atoms with Crippen molar-refractivity contribution in [1.82, 2.24) is 4.31 Å². The molecule has 142 valence electrons. The highest BCUT2D eigenvalue weighted by atomic mass is 32.2. The standard InChI is InChI=1S/C18H29NO5S/c1-15-12-16(2)14-17(13-15)24-11-10-19(25(3,22)23)9-7-5-4-6-8-18(20)21/h12-14H,4-11H2,1-3H3,(H,20,21). The van der Waals surface area contributed by atoms with Crippen molar-refractivity contribution in [2.45, 2.75) is 46.0 Å². The topological polar surface area (TPSA) is 83.9 Å². The molecule has 0 aromatic heterocycles. The van der Waals surface area contributed by atoms with Gasteiger partial charge in [0.25, 0.3) is 0 Å². The van der Waals surface area contributed by atoms with Crippen molar-refractivity contribution in [3.63, 3.8) is 0 Å². The van der Waals surface area contributed by atoms with Crippen LogP contribution in [0.4, 0.5) is 0 Å². The van der Waals surface area contributed by atoms with Gasteiger partial charge in [-0.25, -0.2) is 8.42 Å². The minimum Gasteiger partial charge on any atom is -0.492 e. The van der Waals surface area contributed by atoms with Crippen LogP contribution in [-0.2, 0) is 14.8 Å². The fraction of sp³-hybridized carbons (Fsp3) is 0.611. The summed E-state index contributed by atoms with van der Waals surface area (Å²) in [6.45, 7) is 5.03. The predicted octanol–water partition coefficient (Wildman–Crippen LogP) is 2.98. The minimum absolute atomic E-state index is 0.166. The summed E-state index contributed by atoms with van der Waals surface area (Å²) in [5.74, 6) is -0.0408. The van der Waals surface area contributed by atoms with Crippen LogP contribution in [-0.4, -0.2) is 49.8 Å². The number of rotatable bonds is 12. The Balaban J connectivity index is 2.39. The van der Waals surface area contributed by atoms with Crippen molar-refractivity contribution in [1.29, 1.82) is 0 Å². The normalized spacial score (nSPS) is 11.7. The molecule has 0 amide bonds. The maximum absolute atomic E-state index is 11.9. The number of aryl methyl sites for hydroxylation is 2. The first kappa shape index (κ1) is 21.4. The maximum Gasteiger partial charge on any atom is 0.303 e. The number of carboxylic acid groups (broad SMARTS) is 1. The third-order valence-corrected chi connectivity index (χ3v) is 5.12. The van der Waals surface area contributed by atoms with Crippen molar-refractivity contribution in [2.24, 2.45) is 0 Å². The Hall–Kier alpha value is -1.60. The zero-order valence-electron chi connectivity index (χ0n) is 15.3. The van der Waals surface area contributed by atoms with E-state index in [1.54, 1.807) is 0 Å². The Bertz CT molecular complexity index is 637. The van der Waals surface area contributed by atoms with Crippen LogP contribution in [0.25, 0.3) is 0 Å². The van der Waals surface area contributed by atoms with E-state index in [0.29, 0.717) is 26.1 Å². The Morgan fingerprint density at radius 1 is 1.04 bits per heavy atom. The molecule has 0 saturated heterocycles. The number of benzene rings is 1. The van der Waals surface area contributed by atoms with Gasteiger partial charge >= 0.3 is 5.97 Å². The van der Waals surface area contributed by atoms with E-state index in [-0.39, 0.29) is 6.42 Å². The number of sulfonamides is 1. The van der Waals surface area contributed by atoms with Gasteiger partial charge in [-0.05, 0) is 49.9 Å². The lowest BCUT2D eigenvalue weighted by molar-refractivity contribution is -0.137. The number of ether oxygens (including phenoxy) is 1. The molecule has 0 unspecified atom stereocenters. The van der Waals surface area contributed by atoms with Crippen molar-refractivity contribution >= 4 is 16.0 Å². The largest absolute Gasteiger partial charge is 0.492 e. The highest BCUT2D eigenvalue weighted by Crippen LogP contribution is 2.16. The predicted molar refractivity (Wildman–Crippen MR) is 98.5 cm³/mol. The summed E-state index contributed by atoms with van der Waals surface area (Å²) in [6, 6.07) is 5.92. The molecular formula is C18H29NO5S. The fourth-order valence-corrected chi connectivity index (χ4v) is 3.51. The quantitative estimate of drug-likeness (QED) is 0.571. The molecule has 1 N–H and O–H groups in total. The molecule has 1 aromatic rings. The van der Waals surface area contributed by atoms with E-state index in [0.717, 1.165) is 36.1 Å². The van der Waals surface area contributed by atoms with E-state index in [2.05, 4.69) is 6.07 Å². The zero-order chi connectivity index (χ0) is 18.9. The molecule has 7 heteroatoms. The van der Waals surface area contributed by atoms with E-state index in [9.17, 15) is 13.2 Å². The molecule has 0 atom stereocenters. The zero-order valence-corrected chi connectivity index (χ0v) is 16.1. The van der Waals surface area contributed by atoms with E-state index >= 15 is 0 Å². The summed E-state index contributed by atoms with van der Waals surface area (Å²) < 4.78 is 30.9. The number of carboxylic acids is 1. The van der Waals surface area contributed by atoms with Crippen LogP contribution in [0.3, 0.4) is 0 Å². The van der Waals surface area contributed by atoms with Crippen LogP contribution >= 0.6 is 0 Å². The van der Waals surface area contributed by atoms with E-state index < -0.39 is 16.0 Å². The van der Waals surface area contributed by atoms with Gasteiger partial charge in [-0.3, -0.25) is 4.79 Å². The van der Waals surface area contributed by atoms with Crippen LogP contribution in [0.2, 0.25) is 0 Å². The number of unbranched alkanes of at least 4 members (excludes halogenated alkanes) is 3. The second-order valence-corrected chi connectivity index (χ2v) is 8.37. The monoisotopic (exact) mass is 371 g/mol. The summed E-state index contributed by atoms with van der Waals surface area (Å²) in [7, 11) is -3.28. The highest BCUT2D eigenvalue weighted by Gasteiger charge is 2.16. The van der Waals surface area contributed by atoms with E-state index in [1.165, 1.54) is 10.6 Å². The van der Waals surface area contributed by atoms with Crippen LogP contribution in [0.1, 0.15) is 43.2 Å². The van der Waals surface area contributed by atoms with E-state index in [4.69, 9.17) is 9.84 Å². The molecule has 0 saturated carbocycles. The molecule has 6 nitrogen and oxygen atoms in total. The molecule has 0 aliphatic heterocycles. The van der Waals surface area contributed by atoms with Crippen molar-refractivity contribution < 1.29 is 23.1 Å². The Morgan fingerprint density at radius 2 is 1.64 bits per heavy atom. The number of carbonyl (C=O) groups is 1. The molecule has 0 aliphatic rings. The van der Waals surface area contributed by atoms with Gasteiger partial charge in [0.05, 0.1) is 6.26 Å². The second kappa shape index (κ2) is 10.4. The number of aliphatic carboxylic acids is 1. The third-order valence-electron chi connectivity index (χ3n) is 3.82. The summed E-state index contributed by atoms with van der Waals surface area (Å²) >= 11 is 0. The summed E-state index contributed by atoms with van der Waals surface area (Å²) in [4.78, 5) is 10.4. The molecule has 0 heterocycles. The van der Waals surface area contributed by atoms with Crippen molar-refractivity contribution in [3.8, 4) is 5.75 Å². The third kappa shape index (κ3) is 9.45. The van der Waals surface area contributed by atoms with Gasteiger partial charge in [0.1, 0.15) is 12.4 Å². The molecular weight excluding hydrogens is 342 g/mol. The minimum atomic E-state index is -3.28. The first-order chi connectivity index (χ1) is 11.7. The number of hydrogen-bond acceptors (Lipinski definition) is 4. The molecule has 0 spiro atoms. The van der Waals surface area contributed by atoms with Gasteiger partial charge in [-0.15, -0.1) is 0 Å². The molecule has 0 bridgehead atoms. The SMILES string of the molecule is Cc1cc(C)cc(OCCN(CCCCCCC(=O)O)S(C)(=O)=O)c1. The van der Waals surface area contributed by atoms with Crippen LogP contribution < -0.4 is 4.74 Å². The van der Waals surface area contributed by atoms with E-state index in [1.807, 2.05) is 26.0 Å². The first-order valence-corrected chi connectivity index (χ1v) is 10.4. The molecule has 1 rings (SSSR count). The van der Waals surface area contributed by atoms with Crippen LogP contribution in [0.5, 0.6) is 5.75 Å². The van der Waals surface area contributed by atoms with Crippen molar-refractivity contribution in [2.75, 3.05) is 26.0 Å². The van der Waals surface area contributed by atoms with Gasteiger partial charge in [-0.2, -0.15) is 4.31 Å².